The van der Waals surface area contributed by atoms with Crippen LogP contribution in [0.2, 0.25) is 0 Å². The lowest BCUT2D eigenvalue weighted by atomic mass is 9.97. The molecular formula is C61H38N4O. The van der Waals surface area contributed by atoms with Crippen molar-refractivity contribution >= 4 is 54.5 Å². The third kappa shape index (κ3) is 6.36. The molecule has 10 aromatic carbocycles. The van der Waals surface area contributed by atoms with E-state index in [1.807, 2.05) is 36.4 Å². The zero-order valence-electron chi connectivity index (χ0n) is 35.6. The zero-order chi connectivity index (χ0) is 43.6. The molecule has 3 aromatic heterocycles. The second-order valence-electron chi connectivity index (χ2n) is 16.8. The molecule has 0 bridgehead atoms. The van der Waals surface area contributed by atoms with Gasteiger partial charge in [0, 0.05) is 49.4 Å². The van der Waals surface area contributed by atoms with Crippen LogP contribution in [0.15, 0.2) is 235 Å². The molecule has 0 aliphatic carbocycles. The van der Waals surface area contributed by atoms with Gasteiger partial charge in [0.1, 0.15) is 11.2 Å². The molecule has 0 saturated carbocycles. The van der Waals surface area contributed by atoms with Crippen molar-refractivity contribution in [3.05, 3.63) is 231 Å². The van der Waals surface area contributed by atoms with Crippen molar-refractivity contribution in [1.82, 2.24) is 19.5 Å². The number of benzene rings is 10. The number of nitrogens with zero attached hydrogens (tertiary/aromatic N) is 4. The molecule has 0 radical (unpaired) electrons. The molecular weight excluding hydrogens is 805 g/mol. The van der Waals surface area contributed by atoms with Crippen molar-refractivity contribution in [3.63, 3.8) is 0 Å². The summed E-state index contributed by atoms with van der Waals surface area (Å²) in [4.78, 5) is 15.7. The summed E-state index contributed by atoms with van der Waals surface area (Å²) in [6.45, 7) is 0. The average Bonchev–Trinajstić information content (AvgIpc) is 3.94. The van der Waals surface area contributed by atoms with Crippen LogP contribution in [0.5, 0.6) is 0 Å². The Kier molecular flexibility index (Phi) is 8.78. The number of hydrogen-bond donors (Lipinski definition) is 0. The predicted octanol–water partition coefficient (Wildman–Crippen LogP) is 16.0. The molecule has 0 N–H and O–H groups in total. The second kappa shape index (κ2) is 15.4. The van der Waals surface area contributed by atoms with E-state index in [4.69, 9.17) is 19.4 Å². The fourth-order valence-corrected chi connectivity index (χ4v) is 9.63. The van der Waals surface area contributed by atoms with Gasteiger partial charge in [-0.25, -0.2) is 15.0 Å². The van der Waals surface area contributed by atoms with Crippen LogP contribution in [0.3, 0.4) is 0 Å². The first kappa shape index (κ1) is 37.6. The highest BCUT2D eigenvalue weighted by atomic mass is 16.3. The second-order valence-corrected chi connectivity index (χ2v) is 16.8. The average molecular weight is 843 g/mol. The molecule has 0 atom stereocenters. The molecule has 3 heterocycles. The molecule has 0 amide bonds. The normalized spacial score (nSPS) is 11.6. The molecule has 5 heteroatoms. The summed E-state index contributed by atoms with van der Waals surface area (Å²) in [6, 6.07) is 81.1. The summed E-state index contributed by atoms with van der Waals surface area (Å²) in [7, 11) is 0. The molecule has 13 aromatic rings. The summed E-state index contributed by atoms with van der Waals surface area (Å²) < 4.78 is 9.18. The maximum absolute atomic E-state index is 6.77. The van der Waals surface area contributed by atoms with Crippen molar-refractivity contribution in [2.45, 2.75) is 0 Å². The number of fused-ring (bicyclic) bond motifs is 7. The van der Waals surface area contributed by atoms with Gasteiger partial charge in [0.2, 0.25) is 0 Å². The Balaban J connectivity index is 1.02. The van der Waals surface area contributed by atoms with Crippen LogP contribution >= 0.6 is 0 Å². The smallest absolute Gasteiger partial charge is 0.164 e. The van der Waals surface area contributed by atoms with E-state index < -0.39 is 0 Å². The highest BCUT2D eigenvalue weighted by Gasteiger charge is 2.22. The van der Waals surface area contributed by atoms with Crippen LogP contribution in [-0.2, 0) is 0 Å². The molecule has 0 fully saturated rings. The number of furan rings is 1. The Morgan fingerprint density at radius 3 is 1.61 bits per heavy atom. The summed E-state index contributed by atoms with van der Waals surface area (Å²) in [6.07, 6.45) is 0. The van der Waals surface area contributed by atoms with Gasteiger partial charge >= 0.3 is 0 Å². The van der Waals surface area contributed by atoms with E-state index in [1.165, 1.54) is 32.7 Å². The maximum Gasteiger partial charge on any atom is 0.164 e. The first-order valence-electron chi connectivity index (χ1n) is 22.3. The van der Waals surface area contributed by atoms with Gasteiger partial charge < -0.3 is 8.98 Å². The summed E-state index contributed by atoms with van der Waals surface area (Å²) in [5.41, 5.74) is 14.2. The van der Waals surface area contributed by atoms with Crippen LogP contribution < -0.4 is 0 Å². The van der Waals surface area contributed by atoms with Crippen LogP contribution in [0.25, 0.3) is 128 Å². The van der Waals surface area contributed by atoms with Gasteiger partial charge in [0.05, 0.1) is 16.7 Å². The Hall–Kier alpha value is -8.93. The highest BCUT2D eigenvalue weighted by Crippen LogP contribution is 2.43. The van der Waals surface area contributed by atoms with E-state index in [2.05, 4.69) is 199 Å². The van der Waals surface area contributed by atoms with Crippen molar-refractivity contribution < 1.29 is 4.42 Å². The Bertz CT molecular complexity index is 3980. The Morgan fingerprint density at radius 1 is 0.303 bits per heavy atom. The van der Waals surface area contributed by atoms with Crippen LogP contribution in [-0.4, -0.2) is 19.5 Å². The van der Waals surface area contributed by atoms with Gasteiger partial charge in [-0.2, -0.15) is 0 Å². The number of aromatic nitrogens is 4. The first-order chi connectivity index (χ1) is 32.7. The van der Waals surface area contributed by atoms with Crippen molar-refractivity contribution in [1.29, 1.82) is 0 Å². The number of hydrogen-bond acceptors (Lipinski definition) is 4. The first-order valence-corrected chi connectivity index (χ1v) is 22.3. The topological polar surface area (TPSA) is 56.7 Å². The van der Waals surface area contributed by atoms with Gasteiger partial charge in [-0.1, -0.05) is 182 Å². The fraction of sp³-hybridized carbons (Fsp3) is 0. The third-order valence-corrected chi connectivity index (χ3v) is 12.8. The number of rotatable bonds is 7. The minimum absolute atomic E-state index is 0.578. The maximum atomic E-state index is 6.77. The van der Waals surface area contributed by atoms with Crippen molar-refractivity contribution in [3.8, 4) is 73.2 Å². The molecule has 308 valence electrons. The Labute approximate surface area is 380 Å². The van der Waals surface area contributed by atoms with E-state index in [-0.39, 0.29) is 0 Å². The highest BCUT2D eigenvalue weighted by molar-refractivity contribution is 6.15. The largest absolute Gasteiger partial charge is 0.455 e. The van der Waals surface area contributed by atoms with Gasteiger partial charge in [-0.15, -0.1) is 0 Å². The van der Waals surface area contributed by atoms with Gasteiger partial charge in [-0.05, 0) is 81.6 Å². The van der Waals surface area contributed by atoms with E-state index in [1.54, 1.807) is 0 Å². The van der Waals surface area contributed by atoms with Gasteiger partial charge in [0.15, 0.2) is 17.5 Å². The monoisotopic (exact) mass is 842 g/mol. The summed E-state index contributed by atoms with van der Waals surface area (Å²) in [5, 5.41) is 6.94. The fourth-order valence-electron chi connectivity index (χ4n) is 9.63. The van der Waals surface area contributed by atoms with Crippen molar-refractivity contribution in [2.24, 2.45) is 0 Å². The molecule has 0 aliphatic rings. The molecule has 13 rings (SSSR count). The van der Waals surface area contributed by atoms with E-state index in [0.29, 0.717) is 17.5 Å². The van der Waals surface area contributed by atoms with E-state index in [9.17, 15) is 0 Å². The molecule has 66 heavy (non-hydrogen) atoms. The lowest BCUT2D eigenvalue weighted by Gasteiger charge is -2.17. The standard InChI is InChI=1S/C61H38N4O/c1-3-15-39(16-4-1)40-29-31-41(32-30-40)43-21-13-22-46(35-43)60-62-59(42-17-5-2-6-18-42)63-61(64-60)47-33-34-55(53(37-47)51-26-14-25-50-49-24-10-12-28-57(49)66-58(50)51)65-54-27-11-9-23-48(54)52-36-44-19-7-8-20-45(44)38-56(52)65/h1-38H. The van der Waals surface area contributed by atoms with Gasteiger partial charge in [-0.3, -0.25) is 0 Å². The van der Waals surface area contributed by atoms with E-state index >= 15 is 0 Å². The number of para-hydroxylation sites is 3. The Morgan fingerprint density at radius 2 is 0.833 bits per heavy atom. The molecule has 0 unspecified atom stereocenters. The lowest BCUT2D eigenvalue weighted by Crippen LogP contribution is -2.02. The van der Waals surface area contributed by atoms with Crippen LogP contribution in [0.4, 0.5) is 0 Å². The molecule has 5 nitrogen and oxygen atoms in total. The third-order valence-electron chi connectivity index (χ3n) is 12.8. The lowest BCUT2D eigenvalue weighted by molar-refractivity contribution is 0.670. The predicted molar refractivity (Wildman–Crippen MR) is 272 cm³/mol. The SMILES string of the molecule is c1ccc(-c2ccc(-c3cccc(-c4nc(-c5ccccc5)nc(-c5ccc(-n6c7ccccc7c7cc8ccccc8cc76)c(-c6cccc7c6oc6ccccc67)c5)n4)c3)cc2)cc1. The van der Waals surface area contributed by atoms with Gasteiger partial charge in [0.25, 0.3) is 0 Å². The zero-order valence-corrected chi connectivity index (χ0v) is 35.6. The minimum Gasteiger partial charge on any atom is -0.455 e. The summed E-state index contributed by atoms with van der Waals surface area (Å²) >= 11 is 0. The summed E-state index contributed by atoms with van der Waals surface area (Å²) in [5.74, 6) is 1.78. The van der Waals surface area contributed by atoms with E-state index in [0.717, 1.165) is 77.6 Å². The molecule has 0 spiro atoms. The minimum atomic E-state index is 0.578. The quantitative estimate of drug-likeness (QED) is 0.160. The van der Waals surface area contributed by atoms with Crippen molar-refractivity contribution in [2.75, 3.05) is 0 Å². The van der Waals surface area contributed by atoms with Crippen LogP contribution in [0, 0.1) is 0 Å². The molecule has 0 saturated heterocycles. The van der Waals surface area contributed by atoms with Crippen LogP contribution in [0.1, 0.15) is 0 Å². The molecule has 0 aliphatic heterocycles.